The Bertz CT molecular complexity index is 1580. The first-order valence-corrected chi connectivity index (χ1v) is 16.2. The Hall–Kier alpha value is -4.38. The number of hydrogen-bond donors (Lipinski definition) is 4. The molecule has 10 nitrogen and oxygen atoms in total. The Morgan fingerprint density at radius 3 is 2.40 bits per heavy atom. The maximum absolute atomic E-state index is 13.8. The molecule has 0 spiro atoms. The summed E-state index contributed by atoms with van der Waals surface area (Å²) in [5.41, 5.74) is 3.99. The highest BCUT2D eigenvalue weighted by molar-refractivity contribution is 7.98. The lowest BCUT2D eigenvalue weighted by Gasteiger charge is -2.19. The zero-order valence-electron chi connectivity index (χ0n) is 26.3. The van der Waals surface area contributed by atoms with Crippen LogP contribution in [-0.2, 0) is 22.4 Å². The molecule has 2 atom stereocenters. The van der Waals surface area contributed by atoms with E-state index in [0.717, 1.165) is 16.7 Å². The predicted molar refractivity (Wildman–Crippen MR) is 178 cm³/mol. The third-order valence-corrected chi connectivity index (χ3v) is 8.47. The average molecular weight is 636 g/mol. The summed E-state index contributed by atoms with van der Waals surface area (Å²) in [6.07, 6.45) is 4.21. The summed E-state index contributed by atoms with van der Waals surface area (Å²) in [5, 5.41) is 18.7. The van der Waals surface area contributed by atoms with Gasteiger partial charge in [-0.25, -0.2) is 0 Å². The second-order valence-electron chi connectivity index (χ2n) is 10.8. The summed E-state index contributed by atoms with van der Waals surface area (Å²) in [4.78, 5) is 39.4. The van der Waals surface area contributed by atoms with Crippen molar-refractivity contribution in [3.8, 4) is 34.1 Å². The molecule has 0 heterocycles. The van der Waals surface area contributed by atoms with Gasteiger partial charge in [0, 0.05) is 19.0 Å². The molecular weight excluding hydrogens is 594 g/mol. The SMILES string of the molecule is COc1cc2c(c(OC)c1OC)-c1ccc(NC(CCSC)C(=O)NCCc3ccc(O)cc3)c(=O)cc1C(NC(C)=O)CC2. The number of carbonyl (C=O) groups excluding carboxylic acids is 2. The number of methoxy groups -OCH3 is 3. The molecule has 11 heteroatoms. The Morgan fingerprint density at radius 2 is 1.76 bits per heavy atom. The van der Waals surface area contributed by atoms with Crippen molar-refractivity contribution in [3.05, 3.63) is 75.4 Å². The monoisotopic (exact) mass is 635 g/mol. The van der Waals surface area contributed by atoms with Crippen LogP contribution in [0.25, 0.3) is 11.1 Å². The van der Waals surface area contributed by atoms with E-state index in [9.17, 15) is 19.5 Å². The fourth-order valence-electron chi connectivity index (χ4n) is 5.64. The van der Waals surface area contributed by atoms with E-state index >= 15 is 0 Å². The van der Waals surface area contributed by atoms with Gasteiger partial charge in [0.1, 0.15) is 11.8 Å². The molecule has 4 rings (SSSR count). The van der Waals surface area contributed by atoms with Gasteiger partial charge >= 0.3 is 0 Å². The van der Waals surface area contributed by atoms with Crippen LogP contribution in [0.5, 0.6) is 23.0 Å². The van der Waals surface area contributed by atoms with Crippen LogP contribution in [0, 0.1) is 0 Å². The minimum Gasteiger partial charge on any atom is -0.508 e. The van der Waals surface area contributed by atoms with Crippen molar-refractivity contribution in [1.82, 2.24) is 10.6 Å². The molecule has 0 saturated heterocycles. The lowest BCUT2D eigenvalue weighted by molar-refractivity contribution is -0.122. The molecule has 3 aromatic rings. The van der Waals surface area contributed by atoms with Crippen LogP contribution in [0.3, 0.4) is 0 Å². The zero-order chi connectivity index (χ0) is 32.5. The van der Waals surface area contributed by atoms with Crippen molar-refractivity contribution in [1.29, 1.82) is 0 Å². The first-order chi connectivity index (χ1) is 21.7. The number of phenolic OH excluding ortho intramolecular Hbond substituents is 1. The van der Waals surface area contributed by atoms with Gasteiger partial charge in [0.15, 0.2) is 11.5 Å². The standard InChI is InChI=1S/C34H41N3O7S/c1-20(38)36-26-12-8-22-18-30(42-2)32(43-3)33(44-4)31(22)24-11-13-27(29(40)19-25(24)26)37-28(15-17-45-5)34(41)35-16-14-21-6-9-23(39)10-7-21/h6-7,9-11,13,18-19,26,28,39H,8,12,14-17H2,1-5H3,(H,35,41)(H,36,38)(H,37,40). The predicted octanol–water partition coefficient (Wildman–Crippen LogP) is 4.46. The smallest absolute Gasteiger partial charge is 0.242 e. The number of carbonyl (C=O) groups is 2. The molecule has 2 amide bonds. The van der Waals surface area contributed by atoms with E-state index in [4.69, 9.17) is 14.2 Å². The number of amides is 2. The van der Waals surface area contributed by atoms with E-state index in [1.807, 2.05) is 30.5 Å². The Morgan fingerprint density at radius 1 is 1.02 bits per heavy atom. The van der Waals surface area contributed by atoms with Gasteiger partial charge in [-0.2, -0.15) is 11.8 Å². The lowest BCUT2D eigenvalue weighted by Crippen LogP contribution is -2.41. The van der Waals surface area contributed by atoms with Crippen molar-refractivity contribution < 1.29 is 28.9 Å². The molecular formula is C34H41N3O7S. The van der Waals surface area contributed by atoms with Gasteiger partial charge in [0.25, 0.3) is 0 Å². The number of aryl methyl sites for hydroxylation is 1. The second-order valence-corrected chi connectivity index (χ2v) is 11.8. The average Bonchev–Trinajstić information content (AvgIpc) is 3.27. The van der Waals surface area contributed by atoms with Crippen molar-refractivity contribution in [2.45, 2.75) is 44.7 Å². The van der Waals surface area contributed by atoms with Crippen LogP contribution in [0.15, 0.2) is 53.3 Å². The summed E-state index contributed by atoms with van der Waals surface area (Å²) in [5.74, 6) is 1.89. The largest absolute Gasteiger partial charge is 0.508 e. The maximum atomic E-state index is 13.8. The number of ether oxygens (including phenoxy) is 3. The molecule has 0 saturated carbocycles. The molecule has 2 unspecified atom stereocenters. The van der Waals surface area contributed by atoms with E-state index < -0.39 is 12.1 Å². The van der Waals surface area contributed by atoms with Crippen LogP contribution in [-0.4, -0.2) is 62.8 Å². The van der Waals surface area contributed by atoms with E-state index in [1.165, 1.54) is 20.1 Å². The van der Waals surface area contributed by atoms with Gasteiger partial charge in [-0.15, -0.1) is 0 Å². The number of benzene rings is 2. The lowest BCUT2D eigenvalue weighted by atomic mass is 9.95. The van der Waals surface area contributed by atoms with Gasteiger partial charge < -0.3 is 35.3 Å². The molecule has 45 heavy (non-hydrogen) atoms. The molecule has 0 aliphatic heterocycles. The normalized spacial score (nSPS) is 14.2. The number of aromatic hydroxyl groups is 1. The molecule has 0 aromatic heterocycles. The fraction of sp³-hybridized carbons (Fsp3) is 0.382. The third kappa shape index (κ3) is 8.02. The van der Waals surface area contributed by atoms with Gasteiger partial charge in [-0.3, -0.25) is 14.4 Å². The molecule has 0 bridgehead atoms. The number of nitrogens with one attached hydrogen (secondary N) is 3. The first kappa shape index (κ1) is 33.5. The highest BCUT2D eigenvalue weighted by Gasteiger charge is 2.30. The molecule has 4 N–H and O–H groups in total. The second kappa shape index (κ2) is 15.6. The van der Waals surface area contributed by atoms with Crippen LogP contribution in [0.1, 0.15) is 42.5 Å². The van der Waals surface area contributed by atoms with Crippen LogP contribution < -0.4 is 35.6 Å². The van der Waals surface area contributed by atoms with Gasteiger partial charge in [0.05, 0.1) is 33.1 Å². The maximum Gasteiger partial charge on any atom is 0.242 e. The molecule has 0 fully saturated rings. The highest BCUT2D eigenvalue weighted by atomic mass is 32.2. The summed E-state index contributed by atoms with van der Waals surface area (Å²) in [6, 6.07) is 12.7. The number of rotatable bonds is 13. The highest BCUT2D eigenvalue weighted by Crippen LogP contribution is 2.50. The first-order valence-electron chi connectivity index (χ1n) is 14.8. The number of phenols is 1. The minimum absolute atomic E-state index is 0.190. The van der Waals surface area contributed by atoms with Crippen LogP contribution in [0.2, 0.25) is 0 Å². The third-order valence-electron chi connectivity index (χ3n) is 7.82. The molecule has 240 valence electrons. The van der Waals surface area contributed by atoms with Crippen LogP contribution >= 0.6 is 11.8 Å². The van der Waals surface area contributed by atoms with Gasteiger partial charge in [0.2, 0.25) is 23.0 Å². The van der Waals surface area contributed by atoms with Crippen molar-refractivity contribution in [2.75, 3.05) is 45.2 Å². The fourth-order valence-corrected chi connectivity index (χ4v) is 6.11. The zero-order valence-corrected chi connectivity index (χ0v) is 27.1. The Kier molecular flexibility index (Phi) is 11.6. The molecule has 0 radical (unpaired) electrons. The minimum atomic E-state index is -0.649. The quantitative estimate of drug-likeness (QED) is 0.215. The van der Waals surface area contributed by atoms with E-state index in [1.54, 1.807) is 44.2 Å². The number of fused-ring (bicyclic) bond motifs is 3. The Labute approximate surface area is 267 Å². The molecule has 1 aliphatic carbocycles. The number of thioether (sulfide) groups is 1. The Balaban J connectivity index is 1.73. The summed E-state index contributed by atoms with van der Waals surface area (Å²) in [6.45, 7) is 1.86. The van der Waals surface area contributed by atoms with Gasteiger partial charge in [-0.05, 0) is 90.3 Å². The summed E-state index contributed by atoms with van der Waals surface area (Å²) in [7, 11) is 4.66. The van der Waals surface area contributed by atoms with Crippen LogP contribution in [0.4, 0.5) is 5.69 Å². The summed E-state index contributed by atoms with van der Waals surface area (Å²) < 4.78 is 17.1. The van der Waals surface area contributed by atoms with Crippen molar-refractivity contribution >= 4 is 29.3 Å². The van der Waals surface area contributed by atoms with Gasteiger partial charge in [-0.1, -0.05) is 18.2 Å². The number of hydrogen-bond acceptors (Lipinski definition) is 9. The summed E-state index contributed by atoms with van der Waals surface area (Å²) >= 11 is 1.62. The van der Waals surface area contributed by atoms with E-state index in [-0.39, 0.29) is 28.7 Å². The number of anilines is 1. The van der Waals surface area contributed by atoms with Crippen molar-refractivity contribution in [3.63, 3.8) is 0 Å². The molecule has 1 aliphatic rings. The topological polar surface area (TPSA) is 135 Å². The van der Waals surface area contributed by atoms with E-state index in [2.05, 4.69) is 16.0 Å². The van der Waals surface area contributed by atoms with Crippen molar-refractivity contribution in [2.24, 2.45) is 0 Å². The molecule has 3 aromatic carbocycles. The van der Waals surface area contributed by atoms with E-state index in [0.29, 0.717) is 66.4 Å².